The number of hydrogen-bond acceptors (Lipinski definition) is 6. The molecule has 0 aliphatic carbocycles. The molecule has 0 spiro atoms. The van der Waals surface area contributed by atoms with Crippen LogP contribution in [0.5, 0.6) is 0 Å². The van der Waals surface area contributed by atoms with E-state index in [0.717, 1.165) is 24.0 Å². The molecule has 0 amide bonds. The zero-order valence-corrected chi connectivity index (χ0v) is 17.4. The van der Waals surface area contributed by atoms with Crippen LogP contribution in [0.3, 0.4) is 0 Å². The fraction of sp³-hybridized carbons (Fsp3) is 0.571. The summed E-state index contributed by atoms with van der Waals surface area (Å²) in [6, 6.07) is 5.67. The van der Waals surface area contributed by atoms with E-state index in [1.54, 1.807) is 6.07 Å². The van der Waals surface area contributed by atoms with Crippen molar-refractivity contribution in [2.75, 3.05) is 26.2 Å². The van der Waals surface area contributed by atoms with Gasteiger partial charge in [-0.05, 0) is 30.9 Å². The van der Waals surface area contributed by atoms with Gasteiger partial charge >= 0.3 is 6.18 Å². The van der Waals surface area contributed by atoms with Gasteiger partial charge in [0.1, 0.15) is 10.6 Å². The van der Waals surface area contributed by atoms with Gasteiger partial charge in [-0.2, -0.15) is 13.2 Å². The number of halogens is 3. The molecule has 9 heteroatoms. The van der Waals surface area contributed by atoms with Crippen molar-refractivity contribution in [3.05, 3.63) is 51.5 Å². The SMILES string of the molecule is OC1CCN(Cc2nc(C3(O)CCN(Cc4ccccc4C(F)(F)F)CC3)cs2)C1. The van der Waals surface area contributed by atoms with Crippen LogP contribution in [0.4, 0.5) is 13.2 Å². The lowest BCUT2D eigenvalue weighted by Crippen LogP contribution is -2.42. The quantitative estimate of drug-likeness (QED) is 0.746. The molecule has 1 aromatic heterocycles. The Bertz CT molecular complexity index is 865. The molecule has 2 aliphatic rings. The third-order valence-electron chi connectivity index (χ3n) is 6.03. The van der Waals surface area contributed by atoms with Crippen LogP contribution in [0.1, 0.15) is 41.1 Å². The highest BCUT2D eigenvalue weighted by molar-refractivity contribution is 7.09. The molecule has 2 saturated heterocycles. The molecule has 30 heavy (non-hydrogen) atoms. The third-order valence-corrected chi connectivity index (χ3v) is 6.87. The average Bonchev–Trinajstić information content (AvgIpc) is 3.33. The minimum absolute atomic E-state index is 0.214. The number of aliphatic hydroxyl groups excluding tert-OH is 1. The van der Waals surface area contributed by atoms with Crippen LogP contribution in [0.15, 0.2) is 29.6 Å². The van der Waals surface area contributed by atoms with Crippen molar-refractivity contribution in [1.29, 1.82) is 0 Å². The van der Waals surface area contributed by atoms with E-state index in [4.69, 9.17) is 0 Å². The predicted molar refractivity (Wildman–Crippen MR) is 108 cm³/mol. The molecular formula is C21H26F3N3O2S. The summed E-state index contributed by atoms with van der Waals surface area (Å²) in [5.41, 5.74) is -0.724. The zero-order chi connectivity index (χ0) is 21.4. The molecule has 1 unspecified atom stereocenters. The molecule has 2 aliphatic heterocycles. The second-order valence-electron chi connectivity index (χ2n) is 8.27. The Hall–Kier alpha value is -1.52. The van der Waals surface area contributed by atoms with Gasteiger partial charge in [-0.1, -0.05) is 18.2 Å². The van der Waals surface area contributed by atoms with Gasteiger partial charge in [0.05, 0.1) is 23.9 Å². The number of likely N-dealkylation sites (tertiary alicyclic amines) is 2. The van der Waals surface area contributed by atoms with Gasteiger partial charge in [-0.3, -0.25) is 9.80 Å². The van der Waals surface area contributed by atoms with Crippen LogP contribution >= 0.6 is 11.3 Å². The van der Waals surface area contributed by atoms with Crippen molar-refractivity contribution in [3.8, 4) is 0 Å². The molecule has 3 heterocycles. The van der Waals surface area contributed by atoms with Gasteiger partial charge in [0, 0.05) is 38.1 Å². The molecule has 0 bridgehead atoms. The monoisotopic (exact) mass is 441 g/mol. The number of aromatic nitrogens is 1. The lowest BCUT2D eigenvalue weighted by molar-refractivity contribution is -0.138. The minimum atomic E-state index is -4.37. The van der Waals surface area contributed by atoms with E-state index in [1.807, 2.05) is 10.3 Å². The van der Waals surface area contributed by atoms with Gasteiger partial charge in [-0.25, -0.2) is 4.98 Å². The maximum Gasteiger partial charge on any atom is 0.416 e. The largest absolute Gasteiger partial charge is 0.416 e. The van der Waals surface area contributed by atoms with E-state index in [9.17, 15) is 23.4 Å². The summed E-state index contributed by atoms with van der Waals surface area (Å²) in [6.07, 6.45) is -3.00. The second-order valence-corrected chi connectivity index (χ2v) is 9.21. The van der Waals surface area contributed by atoms with Crippen molar-refractivity contribution in [2.24, 2.45) is 0 Å². The van der Waals surface area contributed by atoms with Crippen LogP contribution in [0.2, 0.25) is 0 Å². The summed E-state index contributed by atoms with van der Waals surface area (Å²) in [4.78, 5) is 8.73. The number of thiazole rings is 1. The molecule has 2 N–H and O–H groups in total. The average molecular weight is 442 g/mol. The number of piperidine rings is 1. The van der Waals surface area contributed by atoms with Crippen molar-refractivity contribution in [2.45, 2.75) is 50.2 Å². The molecule has 4 rings (SSSR count). The summed E-state index contributed by atoms with van der Waals surface area (Å²) >= 11 is 1.50. The minimum Gasteiger partial charge on any atom is -0.392 e. The van der Waals surface area contributed by atoms with E-state index in [2.05, 4.69) is 9.88 Å². The van der Waals surface area contributed by atoms with Crippen LogP contribution in [0.25, 0.3) is 0 Å². The fourth-order valence-corrected chi connectivity index (χ4v) is 5.19. The Balaban J connectivity index is 1.36. The van der Waals surface area contributed by atoms with Crippen molar-refractivity contribution < 1.29 is 23.4 Å². The first-order valence-electron chi connectivity index (χ1n) is 10.2. The number of β-amino-alcohol motifs (C(OH)–C–C–N with tert-alkyl or cyclic N) is 1. The number of aliphatic hydroxyl groups is 2. The van der Waals surface area contributed by atoms with Crippen molar-refractivity contribution in [3.63, 3.8) is 0 Å². The highest BCUT2D eigenvalue weighted by Crippen LogP contribution is 2.36. The predicted octanol–water partition coefficient (Wildman–Crippen LogP) is 3.21. The molecule has 0 saturated carbocycles. The number of hydrogen-bond donors (Lipinski definition) is 2. The number of nitrogens with zero attached hydrogens (tertiary/aromatic N) is 3. The Labute approximate surface area is 177 Å². The Morgan fingerprint density at radius 2 is 1.83 bits per heavy atom. The summed E-state index contributed by atoms with van der Waals surface area (Å²) in [5.74, 6) is 0. The smallest absolute Gasteiger partial charge is 0.392 e. The topological polar surface area (TPSA) is 59.8 Å². The van der Waals surface area contributed by atoms with Crippen LogP contribution in [0, 0.1) is 0 Å². The standard InChI is InChI=1S/C21H26F3N3O2S/c22-21(23,24)17-4-2-1-3-15(17)11-26-9-6-20(29,7-10-26)18-14-30-19(25-18)13-27-8-5-16(28)12-27/h1-4,14,16,28-29H,5-13H2. The van der Waals surface area contributed by atoms with Crippen LogP contribution in [-0.2, 0) is 24.9 Å². The molecule has 1 aromatic carbocycles. The molecular weight excluding hydrogens is 415 g/mol. The lowest BCUT2D eigenvalue weighted by atomic mass is 9.88. The van der Waals surface area contributed by atoms with Crippen molar-refractivity contribution in [1.82, 2.24) is 14.8 Å². The zero-order valence-electron chi connectivity index (χ0n) is 16.6. The first-order valence-corrected chi connectivity index (χ1v) is 11.1. The molecule has 5 nitrogen and oxygen atoms in total. The third kappa shape index (κ3) is 4.86. The van der Waals surface area contributed by atoms with E-state index in [0.29, 0.717) is 44.7 Å². The number of benzene rings is 1. The van der Waals surface area contributed by atoms with Crippen LogP contribution in [-0.4, -0.2) is 57.3 Å². The van der Waals surface area contributed by atoms with Gasteiger partial charge < -0.3 is 10.2 Å². The summed E-state index contributed by atoms with van der Waals surface area (Å²) in [5, 5.41) is 23.6. The maximum absolute atomic E-state index is 13.2. The Kier molecular flexibility index (Phi) is 6.18. The van der Waals surface area contributed by atoms with Gasteiger partial charge in [-0.15, -0.1) is 11.3 Å². The normalized spacial score (nSPS) is 23.2. The summed E-state index contributed by atoms with van der Waals surface area (Å²) in [7, 11) is 0. The fourth-order valence-electron chi connectivity index (χ4n) is 4.26. The Morgan fingerprint density at radius 1 is 1.10 bits per heavy atom. The second kappa shape index (κ2) is 8.55. The summed E-state index contributed by atoms with van der Waals surface area (Å²) in [6.45, 7) is 3.38. The Morgan fingerprint density at radius 3 is 2.50 bits per heavy atom. The number of alkyl halides is 3. The molecule has 2 fully saturated rings. The first kappa shape index (κ1) is 21.7. The lowest BCUT2D eigenvalue weighted by Gasteiger charge is -2.37. The van der Waals surface area contributed by atoms with E-state index >= 15 is 0 Å². The summed E-state index contributed by atoms with van der Waals surface area (Å²) < 4.78 is 39.7. The van der Waals surface area contributed by atoms with Gasteiger partial charge in [0.25, 0.3) is 0 Å². The van der Waals surface area contributed by atoms with Gasteiger partial charge in [0.15, 0.2) is 0 Å². The molecule has 2 aromatic rings. The molecule has 1 atom stereocenters. The van der Waals surface area contributed by atoms with Crippen LogP contribution < -0.4 is 0 Å². The first-order chi connectivity index (χ1) is 14.2. The van der Waals surface area contributed by atoms with E-state index in [1.165, 1.54) is 23.5 Å². The van der Waals surface area contributed by atoms with Gasteiger partial charge in [0.2, 0.25) is 0 Å². The maximum atomic E-state index is 13.2. The highest BCUT2D eigenvalue weighted by atomic mass is 32.1. The van der Waals surface area contributed by atoms with Crippen molar-refractivity contribution >= 4 is 11.3 Å². The molecule has 0 radical (unpaired) electrons. The van der Waals surface area contributed by atoms with E-state index < -0.39 is 17.3 Å². The number of rotatable bonds is 5. The van der Waals surface area contributed by atoms with E-state index in [-0.39, 0.29) is 18.2 Å². The highest BCUT2D eigenvalue weighted by Gasteiger charge is 2.38. The molecule has 164 valence electrons.